The Morgan fingerprint density at radius 3 is 2.42 bits per heavy atom. The third kappa shape index (κ3) is 8.60. The summed E-state index contributed by atoms with van der Waals surface area (Å²) >= 11 is 3.30. The summed E-state index contributed by atoms with van der Waals surface area (Å²) < 4.78 is 0. The van der Waals surface area contributed by atoms with Gasteiger partial charge in [-0.3, -0.25) is 0 Å². The van der Waals surface area contributed by atoms with Crippen LogP contribution in [0, 0.1) is 0 Å². The van der Waals surface area contributed by atoms with Gasteiger partial charge in [-0.15, -0.1) is 0 Å². The van der Waals surface area contributed by atoms with Crippen LogP contribution in [0.5, 0.6) is 0 Å². The van der Waals surface area contributed by atoms with Gasteiger partial charge in [-0.25, -0.2) is 0 Å². The first-order chi connectivity index (χ1) is 5.66. The van der Waals surface area contributed by atoms with E-state index >= 15 is 0 Å². The van der Waals surface area contributed by atoms with Crippen molar-refractivity contribution in [1.29, 1.82) is 0 Å². The van der Waals surface area contributed by atoms with Crippen LogP contribution in [0.1, 0.15) is 33.6 Å². The number of hydrogen-bond donors (Lipinski definition) is 0. The molecule has 70 valence electrons. The quantitative estimate of drug-likeness (QED) is 0.536. The third-order valence-electron chi connectivity index (χ3n) is 1.69. The summed E-state index contributed by atoms with van der Waals surface area (Å²) in [5.41, 5.74) is 2.98. The monoisotopic (exact) mass is 292 g/mol. The molecule has 0 saturated heterocycles. The topological polar surface area (TPSA) is 0 Å². The molecular formula is C10H19BrGe. The van der Waals surface area contributed by atoms with E-state index in [4.69, 9.17) is 0 Å². The number of halogens is 1. The van der Waals surface area contributed by atoms with Gasteiger partial charge in [0, 0.05) is 0 Å². The van der Waals surface area contributed by atoms with Crippen LogP contribution in [0.3, 0.4) is 0 Å². The van der Waals surface area contributed by atoms with E-state index in [1.54, 1.807) is 5.57 Å². The molecule has 0 aliphatic carbocycles. The Balaban J connectivity index is 3.56. The summed E-state index contributed by atoms with van der Waals surface area (Å²) in [6, 6.07) is 0. The van der Waals surface area contributed by atoms with Crippen LogP contribution < -0.4 is 0 Å². The molecule has 2 heteroatoms. The van der Waals surface area contributed by atoms with Gasteiger partial charge in [0.25, 0.3) is 0 Å². The fraction of sp³-hybridized carbons (Fsp3) is 0.600. The van der Waals surface area contributed by atoms with Crippen molar-refractivity contribution >= 4 is 27.6 Å². The van der Waals surface area contributed by atoms with Gasteiger partial charge >= 0.3 is 89.8 Å². The molecule has 0 spiro atoms. The van der Waals surface area contributed by atoms with E-state index in [-0.39, 0.29) is 13.6 Å². The zero-order valence-electron chi connectivity index (χ0n) is 8.36. The third-order valence-corrected chi connectivity index (χ3v) is 5.14. The van der Waals surface area contributed by atoms with Crippen LogP contribution in [0.25, 0.3) is 0 Å². The van der Waals surface area contributed by atoms with Gasteiger partial charge in [0.2, 0.25) is 0 Å². The molecule has 12 heavy (non-hydrogen) atoms. The molecule has 0 aliphatic rings. The second kappa shape index (κ2) is 8.12. The molecular weight excluding hydrogens is 273 g/mol. The van der Waals surface area contributed by atoms with Crippen LogP contribution >= 0.6 is 14.0 Å². The SMILES string of the molecule is CC(C)=CCC/C(C)=C/[CH2][GeH2][Br]. The molecule has 0 fully saturated rings. The Hall–Kier alpha value is 0.503. The normalized spacial score (nSPS) is 12.5. The molecule has 0 nitrogen and oxygen atoms in total. The van der Waals surface area contributed by atoms with E-state index in [0.29, 0.717) is 0 Å². The Kier molecular flexibility index (Phi) is 8.46. The summed E-state index contributed by atoms with van der Waals surface area (Å²) in [5.74, 6) is 0. The molecule has 0 aromatic rings. The summed E-state index contributed by atoms with van der Waals surface area (Å²) in [6.07, 6.45) is 7.15. The molecule has 0 amide bonds. The van der Waals surface area contributed by atoms with E-state index in [9.17, 15) is 0 Å². The summed E-state index contributed by atoms with van der Waals surface area (Å²) in [7, 11) is 0. The number of rotatable bonds is 5. The minimum atomic E-state index is -0.305. The fourth-order valence-corrected chi connectivity index (χ4v) is 3.44. The van der Waals surface area contributed by atoms with Gasteiger partial charge in [0.05, 0.1) is 0 Å². The fourth-order valence-electron chi connectivity index (χ4n) is 0.992. The van der Waals surface area contributed by atoms with Crippen molar-refractivity contribution in [2.75, 3.05) is 0 Å². The van der Waals surface area contributed by atoms with Gasteiger partial charge in [-0.2, -0.15) is 0 Å². The zero-order chi connectivity index (χ0) is 9.40. The standard InChI is InChI=1S/C10H19BrGe/c1-9(2)5-4-6-10(3)7-8-12-11/h5,7H,4,6,8,12H2,1-3H3/b10-7+. The summed E-state index contributed by atoms with van der Waals surface area (Å²) in [5, 5.41) is 1.34. The minimum absolute atomic E-state index is 0.305. The van der Waals surface area contributed by atoms with Gasteiger partial charge in [0.1, 0.15) is 0 Å². The first-order valence-electron chi connectivity index (χ1n) is 4.51. The Bertz CT molecular complexity index is 167. The average molecular weight is 292 g/mol. The van der Waals surface area contributed by atoms with Crippen molar-refractivity contribution in [3.8, 4) is 0 Å². The molecule has 0 rings (SSSR count). The number of allylic oxidation sites excluding steroid dienone is 4. The van der Waals surface area contributed by atoms with Crippen molar-refractivity contribution in [1.82, 2.24) is 0 Å². The van der Waals surface area contributed by atoms with Crippen molar-refractivity contribution < 1.29 is 0 Å². The van der Waals surface area contributed by atoms with Crippen LogP contribution in [0.15, 0.2) is 23.3 Å². The number of hydrogen-bond acceptors (Lipinski definition) is 0. The predicted molar refractivity (Wildman–Crippen MR) is 64.7 cm³/mol. The molecule has 0 aromatic carbocycles. The average Bonchev–Trinajstić information content (AvgIpc) is 2.00. The van der Waals surface area contributed by atoms with E-state index in [1.165, 1.54) is 23.7 Å². The van der Waals surface area contributed by atoms with Crippen molar-refractivity contribution in [2.24, 2.45) is 0 Å². The molecule has 0 saturated carbocycles. The summed E-state index contributed by atoms with van der Waals surface area (Å²) in [4.78, 5) is 0. The molecule has 0 aliphatic heterocycles. The Labute approximate surface area is 89.6 Å². The maximum absolute atomic E-state index is 3.60. The zero-order valence-corrected chi connectivity index (χ0v) is 12.9. The molecule has 0 radical (unpaired) electrons. The van der Waals surface area contributed by atoms with E-state index in [0.717, 1.165) is 0 Å². The van der Waals surface area contributed by atoms with E-state index < -0.39 is 0 Å². The van der Waals surface area contributed by atoms with E-state index in [1.807, 2.05) is 0 Å². The Morgan fingerprint density at radius 2 is 1.92 bits per heavy atom. The predicted octanol–water partition coefficient (Wildman–Crippen LogP) is 3.58. The van der Waals surface area contributed by atoms with Crippen LogP contribution in [0.2, 0.25) is 5.25 Å². The second-order valence-corrected chi connectivity index (χ2v) is 9.47. The van der Waals surface area contributed by atoms with Crippen LogP contribution in [0.4, 0.5) is 0 Å². The van der Waals surface area contributed by atoms with Gasteiger partial charge in [-0.1, -0.05) is 0 Å². The maximum atomic E-state index is 3.60. The van der Waals surface area contributed by atoms with Crippen LogP contribution in [-0.2, 0) is 0 Å². The molecule has 0 heterocycles. The van der Waals surface area contributed by atoms with Crippen molar-refractivity contribution in [3.05, 3.63) is 23.3 Å². The van der Waals surface area contributed by atoms with Crippen molar-refractivity contribution in [2.45, 2.75) is 38.9 Å². The first-order valence-corrected chi connectivity index (χ1v) is 13.6. The molecule has 0 bridgehead atoms. The van der Waals surface area contributed by atoms with Gasteiger partial charge in [0.15, 0.2) is 0 Å². The Morgan fingerprint density at radius 1 is 1.25 bits per heavy atom. The summed E-state index contributed by atoms with van der Waals surface area (Å²) in [6.45, 7) is 6.56. The molecule has 0 atom stereocenters. The van der Waals surface area contributed by atoms with Crippen LogP contribution in [-0.4, -0.2) is 13.6 Å². The second-order valence-electron chi connectivity index (χ2n) is 3.35. The van der Waals surface area contributed by atoms with Crippen molar-refractivity contribution in [3.63, 3.8) is 0 Å². The molecule has 0 unspecified atom stereocenters. The van der Waals surface area contributed by atoms with Gasteiger partial charge < -0.3 is 0 Å². The first kappa shape index (κ1) is 12.5. The van der Waals surface area contributed by atoms with E-state index in [2.05, 4.69) is 46.9 Å². The molecule has 0 N–H and O–H groups in total. The molecule has 0 aromatic heterocycles. The van der Waals surface area contributed by atoms with Gasteiger partial charge in [-0.05, 0) is 0 Å².